The molecular formula is C13H10BrFN4O3. The highest BCUT2D eigenvalue weighted by Gasteiger charge is 2.08. The van der Waals surface area contributed by atoms with Crippen LogP contribution in [0.4, 0.5) is 26.2 Å². The molecule has 0 heterocycles. The molecule has 0 saturated carbocycles. The molecule has 0 bridgehead atoms. The molecule has 7 nitrogen and oxygen atoms in total. The van der Waals surface area contributed by atoms with E-state index in [1.807, 2.05) is 0 Å². The lowest BCUT2D eigenvalue weighted by molar-refractivity contribution is -0.384. The number of amides is 2. The van der Waals surface area contributed by atoms with E-state index in [-0.39, 0.29) is 11.4 Å². The number of hydrogen-bond donors (Lipinski definition) is 3. The van der Waals surface area contributed by atoms with E-state index >= 15 is 0 Å². The molecule has 2 amide bonds. The second-order valence-electron chi connectivity index (χ2n) is 4.14. The molecule has 0 aliphatic heterocycles. The average Bonchev–Trinajstić information content (AvgIpc) is 2.46. The number of nitro groups is 1. The maximum Gasteiger partial charge on any atom is 0.337 e. The van der Waals surface area contributed by atoms with Crippen LogP contribution in [0.1, 0.15) is 0 Å². The molecule has 2 aromatic rings. The van der Waals surface area contributed by atoms with E-state index in [1.54, 1.807) is 0 Å². The summed E-state index contributed by atoms with van der Waals surface area (Å²) in [6, 6.07) is 8.79. The van der Waals surface area contributed by atoms with E-state index in [4.69, 9.17) is 0 Å². The van der Waals surface area contributed by atoms with E-state index in [0.717, 1.165) is 0 Å². The third-order valence-electron chi connectivity index (χ3n) is 2.56. The van der Waals surface area contributed by atoms with Gasteiger partial charge in [-0.25, -0.2) is 9.18 Å². The SMILES string of the molecule is O=C(NNc1ccc(F)cc1Br)Nc1cccc([N+](=O)[O-])c1. The topological polar surface area (TPSA) is 96.3 Å². The molecular weight excluding hydrogens is 359 g/mol. The summed E-state index contributed by atoms with van der Waals surface area (Å²) in [6.07, 6.45) is 0. The molecule has 0 unspecified atom stereocenters. The molecule has 0 aliphatic rings. The van der Waals surface area contributed by atoms with Crippen molar-refractivity contribution < 1.29 is 14.1 Å². The summed E-state index contributed by atoms with van der Waals surface area (Å²) >= 11 is 3.14. The zero-order valence-electron chi connectivity index (χ0n) is 11.0. The van der Waals surface area contributed by atoms with Crippen molar-refractivity contribution in [1.29, 1.82) is 0 Å². The largest absolute Gasteiger partial charge is 0.337 e. The van der Waals surface area contributed by atoms with Crippen molar-refractivity contribution in [2.24, 2.45) is 0 Å². The summed E-state index contributed by atoms with van der Waals surface area (Å²) in [7, 11) is 0. The van der Waals surface area contributed by atoms with Gasteiger partial charge in [0.2, 0.25) is 0 Å². The Morgan fingerprint density at radius 1 is 1.23 bits per heavy atom. The quantitative estimate of drug-likeness (QED) is 0.566. The van der Waals surface area contributed by atoms with Gasteiger partial charge in [0, 0.05) is 22.3 Å². The van der Waals surface area contributed by atoms with Crippen LogP contribution in [0.25, 0.3) is 0 Å². The maximum absolute atomic E-state index is 12.9. The average molecular weight is 369 g/mol. The molecule has 0 atom stereocenters. The highest BCUT2D eigenvalue weighted by molar-refractivity contribution is 9.10. The Morgan fingerprint density at radius 3 is 2.68 bits per heavy atom. The van der Waals surface area contributed by atoms with E-state index in [1.165, 1.54) is 42.5 Å². The number of nitro benzene ring substituents is 1. The fourth-order valence-corrected chi connectivity index (χ4v) is 2.02. The highest BCUT2D eigenvalue weighted by atomic mass is 79.9. The van der Waals surface area contributed by atoms with Crippen molar-refractivity contribution in [3.8, 4) is 0 Å². The van der Waals surface area contributed by atoms with Crippen molar-refractivity contribution in [3.63, 3.8) is 0 Å². The van der Waals surface area contributed by atoms with Gasteiger partial charge in [-0.05, 0) is 40.2 Å². The van der Waals surface area contributed by atoms with Gasteiger partial charge in [0.1, 0.15) is 5.82 Å². The van der Waals surface area contributed by atoms with E-state index < -0.39 is 16.8 Å². The van der Waals surface area contributed by atoms with Gasteiger partial charge >= 0.3 is 6.03 Å². The molecule has 0 saturated heterocycles. The maximum atomic E-state index is 12.9. The summed E-state index contributed by atoms with van der Waals surface area (Å²) in [5, 5.41) is 13.1. The number of carbonyl (C=O) groups excluding carboxylic acids is 1. The van der Waals surface area contributed by atoms with Crippen LogP contribution in [0.5, 0.6) is 0 Å². The highest BCUT2D eigenvalue weighted by Crippen LogP contribution is 2.22. The molecule has 2 aromatic carbocycles. The van der Waals surface area contributed by atoms with Crippen LogP contribution in [-0.2, 0) is 0 Å². The van der Waals surface area contributed by atoms with Gasteiger partial charge < -0.3 is 5.32 Å². The first-order valence-corrected chi connectivity index (χ1v) is 6.77. The minimum atomic E-state index is -0.628. The number of benzene rings is 2. The normalized spacial score (nSPS) is 9.91. The molecule has 0 aliphatic carbocycles. The van der Waals surface area contributed by atoms with Crippen molar-refractivity contribution in [2.45, 2.75) is 0 Å². The Hall–Kier alpha value is -2.68. The Balaban J connectivity index is 1.95. The molecule has 0 radical (unpaired) electrons. The summed E-state index contributed by atoms with van der Waals surface area (Å²) in [5.41, 5.74) is 5.51. The second-order valence-corrected chi connectivity index (χ2v) is 4.99. The van der Waals surface area contributed by atoms with Gasteiger partial charge in [0.15, 0.2) is 0 Å². The first kappa shape index (κ1) is 15.7. The lowest BCUT2D eigenvalue weighted by Gasteiger charge is -2.11. The van der Waals surface area contributed by atoms with E-state index in [9.17, 15) is 19.3 Å². The van der Waals surface area contributed by atoms with Crippen LogP contribution >= 0.6 is 15.9 Å². The Bertz CT molecular complexity index is 726. The van der Waals surface area contributed by atoms with Crippen molar-refractivity contribution in [1.82, 2.24) is 5.43 Å². The molecule has 3 N–H and O–H groups in total. The predicted molar refractivity (Wildman–Crippen MR) is 83.0 cm³/mol. The summed E-state index contributed by atoms with van der Waals surface area (Å²) in [5.74, 6) is -0.418. The fourth-order valence-electron chi connectivity index (χ4n) is 1.57. The van der Waals surface area contributed by atoms with Crippen LogP contribution in [0.2, 0.25) is 0 Å². The third-order valence-corrected chi connectivity index (χ3v) is 3.21. The van der Waals surface area contributed by atoms with Gasteiger partial charge in [0.05, 0.1) is 10.6 Å². The molecule has 0 spiro atoms. The molecule has 9 heteroatoms. The second kappa shape index (κ2) is 6.85. The first-order valence-electron chi connectivity index (χ1n) is 5.98. The number of hydrazine groups is 1. The van der Waals surface area contributed by atoms with Crippen molar-refractivity contribution >= 4 is 39.0 Å². The van der Waals surface area contributed by atoms with Crippen LogP contribution < -0.4 is 16.2 Å². The van der Waals surface area contributed by atoms with Crippen LogP contribution in [0, 0.1) is 15.9 Å². The van der Waals surface area contributed by atoms with Crippen LogP contribution in [0.3, 0.4) is 0 Å². The zero-order valence-corrected chi connectivity index (χ0v) is 12.6. The van der Waals surface area contributed by atoms with Crippen molar-refractivity contribution in [2.75, 3.05) is 10.7 Å². The molecule has 0 aromatic heterocycles. The number of rotatable bonds is 4. The number of urea groups is 1. The minimum Gasteiger partial charge on any atom is -0.306 e. The van der Waals surface area contributed by atoms with Gasteiger partial charge in [0.25, 0.3) is 5.69 Å². The number of nitrogens with one attached hydrogen (secondary N) is 3. The van der Waals surface area contributed by atoms with Crippen LogP contribution in [-0.4, -0.2) is 11.0 Å². The Kier molecular flexibility index (Phi) is 4.89. The first-order chi connectivity index (χ1) is 10.5. The Labute approximate surface area is 132 Å². The van der Waals surface area contributed by atoms with Gasteiger partial charge in [-0.2, -0.15) is 0 Å². The number of hydrogen-bond acceptors (Lipinski definition) is 4. The molecule has 0 fully saturated rings. The fraction of sp³-hybridized carbons (Fsp3) is 0. The van der Waals surface area contributed by atoms with Crippen molar-refractivity contribution in [3.05, 3.63) is 62.9 Å². The summed E-state index contributed by atoms with van der Waals surface area (Å²) in [4.78, 5) is 21.8. The van der Waals surface area contributed by atoms with Gasteiger partial charge in [-0.1, -0.05) is 6.07 Å². The number of nitrogens with zero attached hydrogens (tertiary/aromatic N) is 1. The minimum absolute atomic E-state index is 0.132. The van der Waals surface area contributed by atoms with E-state index in [0.29, 0.717) is 10.2 Å². The number of non-ortho nitro benzene ring substituents is 1. The van der Waals surface area contributed by atoms with E-state index in [2.05, 4.69) is 32.1 Å². The molecule has 2 rings (SSSR count). The summed E-state index contributed by atoms with van der Waals surface area (Å²) < 4.78 is 13.4. The summed E-state index contributed by atoms with van der Waals surface area (Å²) in [6.45, 7) is 0. The number of carbonyl (C=O) groups is 1. The van der Waals surface area contributed by atoms with Gasteiger partial charge in [-0.15, -0.1) is 0 Å². The lowest BCUT2D eigenvalue weighted by atomic mass is 10.3. The van der Waals surface area contributed by atoms with Crippen LogP contribution in [0.15, 0.2) is 46.9 Å². The standard InChI is InChI=1S/C13H10BrFN4O3/c14-11-6-8(15)4-5-12(11)17-18-13(20)16-9-2-1-3-10(7-9)19(21)22/h1-7,17H,(H2,16,18,20). The van der Waals surface area contributed by atoms with Gasteiger partial charge in [-0.3, -0.25) is 21.0 Å². The lowest BCUT2D eigenvalue weighted by Crippen LogP contribution is -2.33. The number of halogens is 2. The zero-order chi connectivity index (χ0) is 16.1. The molecule has 114 valence electrons. The third kappa shape index (κ3) is 4.16. The predicted octanol–water partition coefficient (Wildman–Crippen LogP) is 3.65. The molecule has 22 heavy (non-hydrogen) atoms. The Morgan fingerprint density at radius 2 is 2.00 bits per heavy atom. The monoisotopic (exact) mass is 368 g/mol. The number of anilines is 2. The smallest absolute Gasteiger partial charge is 0.306 e.